The molecule has 1 aliphatic heterocycles. The molecule has 3 heterocycles. The summed E-state index contributed by atoms with van der Waals surface area (Å²) < 4.78 is 25.8. The van der Waals surface area contributed by atoms with Gasteiger partial charge in [-0.05, 0) is 93.1 Å². The predicted octanol–water partition coefficient (Wildman–Crippen LogP) is 4.79. The Bertz CT molecular complexity index is 1830. The fourth-order valence-electron chi connectivity index (χ4n) is 5.70. The van der Waals surface area contributed by atoms with Crippen LogP contribution >= 0.6 is 11.6 Å². The van der Waals surface area contributed by atoms with Crippen LogP contribution in [0, 0.1) is 11.7 Å². The number of nitrogens with zero attached hydrogens (tertiary/aromatic N) is 2. The molecule has 11 heteroatoms. The molecule has 4 N–H and O–H groups in total. The van der Waals surface area contributed by atoms with Gasteiger partial charge in [-0.25, -0.2) is 14.4 Å². The average Bonchev–Trinajstić information content (AvgIpc) is 3.95. The van der Waals surface area contributed by atoms with Crippen LogP contribution in [0.15, 0.2) is 54.6 Å². The molecule has 3 aliphatic rings. The van der Waals surface area contributed by atoms with Crippen LogP contribution < -0.4 is 20.5 Å². The monoisotopic (exact) mass is 616 g/mol. The first-order valence-corrected chi connectivity index (χ1v) is 14.9. The molecule has 2 aromatic carbocycles. The summed E-state index contributed by atoms with van der Waals surface area (Å²) in [5, 5.41) is 16.1. The summed E-state index contributed by atoms with van der Waals surface area (Å²) in [7, 11) is 0. The minimum absolute atomic E-state index is 0.00286. The maximum absolute atomic E-state index is 13.8. The van der Waals surface area contributed by atoms with E-state index < -0.39 is 28.6 Å². The topological polar surface area (TPSA) is 137 Å². The van der Waals surface area contributed by atoms with E-state index in [9.17, 15) is 19.1 Å². The molecule has 2 saturated carbocycles. The van der Waals surface area contributed by atoms with E-state index in [1.54, 1.807) is 49.4 Å². The number of primary amides is 1. The molecular formula is C33H30ClFN4O5. The van der Waals surface area contributed by atoms with Gasteiger partial charge in [-0.1, -0.05) is 11.6 Å². The highest BCUT2D eigenvalue weighted by molar-refractivity contribution is 6.29. The van der Waals surface area contributed by atoms with Gasteiger partial charge in [-0.15, -0.1) is 0 Å². The highest BCUT2D eigenvalue weighted by Gasteiger charge is 2.50. The SMILES string of the molecule is C[C@]1(C(N)=O)COc2c1cc([C@@](O)(CNC(=O)c1cc(OC3CC3)c3nc(Cl)ccc3c1)C1CC1)nc2-c1ccc(F)cc1. The van der Waals surface area contributed by atoms with E-state index in [1.807, 2.05) is 0 Å². The summed E-state index contributed by atoms with van der Waals surface area (Å²) in [5.41, 5.74) is 5.66. The summed E-state index contributed by atoms with van der Waals surface area (Å²) in [4.78, 5) is 35.4. The van der Waals surface area contributed by atoms with Gasteiger partial charge in [0, 0.05) is 22.1 Å². The number of nitrogens with two attached hydrogens (primary N) is 1. The number of ether oxygens (including phenoxy) is 2. The minimum Gasteiger partial charge on any atom is -0.489 e. The van der Waals surface area contributed by atoms with Crippen LogP contribution in [0.25, 0.3) is 22.2 Å². The third kappa shape index (κ3) is 5.01. The van der Waals surface area contributed by atoms with Crippen molar-refractivity contribution in [3.63, 3.8) is 0 Å². The molecule has 0 bridgehead atoms. The molecule has 2 aromatic heterocycles. The fourth-order valence-corrected chi connectivity index (χ4v) is 5.85. The zero-order valence-electron chi connectivity index (χ0n) is 23.9. The summed E-state index contributed by atoms with van der Waals surface area (Å²) in [6.45, 7) is 1.54. The zero-order valence-corrected chi connectivity index (χ0v) is 24.7. The molecule has 44 heavy (non-hydrogen) atoms. The lowest BCUT2D eigenvalue weighted by molar-refractivity contribution is -0.123. The van der Waals surface area contributed by atoms with Crippen molar-refractivity contribution in [1.29, 1.82) is 0 Å². The van der Waals surface area contributed by atoms with Gasteiger partial charge in [0.15, 0.2) is 0 Å². The summed E-state index contributed by atoms with van der Waals surface area (Å²) in [6, 6.07) is 14.2. The smallest absolute Gasteiger partial charge is 0.251 e. The van der Waals surface area contributed by atoms with Gasteiger partial charge in [0.25, 0.3) is 5.91 Å². The molecule has 2 aliphatic carbocycles. The van der Waals surface area contributed by atoms with Gasteiger partial charge in [0.2, 0.25) is 5.91 Å². The Balaban J connectivity index is 1.25. The zero-order chi connectivity index (χ0) is 30.8. The van der Waals surface area contributed by atoms with Crippen LogP contribution in [0.3, 0.4) is 0 Å². The number of fused-ring (bicyclic) bond motifs is 2. The standard InChI is InChI=1S/C33H30ClFN4O5/c1-32(31(36)41)16-43-29-23(32)14-25(38-28(29)17-2-7-21(35)8-3-17)33(42,20-5-6-20)15-37-30(40)19-12-18-4-11-26(34)39-27(18)24(13-19)44-22-9-10-22/h2-4,7-8,11-14,20,22,42H,5-6,9-10,15-16H2,1H3,(H2,36,41)(H,37,40)/t32-,33+/m0/s1. The van der Waals surface area contributed by atoms with E-state index in [0.717, 1.165) is 25.7 Å². The number of amides is 2. The summed E-state index contributed by atoms with van der Waals surface area (Å²) >= 11 is 6.14. The van der Waals surface area contributed by atoms with Crippen LogP contribution in [0.5, 0.6) is 11.5 Å². The highest BCUT2D eigenvalue weighted by atomic mass is 35.5. The fraction of sp³-hybridized carbons (Fsp3) is 0.333. The molecule has 9 nitrogen and oxygen atoms in total. The molecule has 0 unspecified atom stereocenters. The van der Waals surface area contributed by atoms with Crippen LogP contribution in [-0.2, 0) is 15.8 Å². The third-order valence-corrected chi connectivity index (χ3v) is 8.96. The van der Waals surface area contributed by atoms with Crippen LogP contribution in [0.4, 0.5) is 4.39 Å². The minimum atomic E-state index is -1.57. The van der Waals surface area contributed by atoms with E-state index in [2.05, 4.69) is 10.3 Å². The van der Waals surface area contributed by atoms with Gasteiger partial charge in [0.05, 0.1) is 18.3 Å². The Morgan fingerprint density at radius 1 is 1.14 bits per heavy atom. The Morgan fingerprint density at radius 3 is 2.57 bits per heavy atom. The van der Waals surface area contributed by atoms with Crippen molar-refractivity contribution in [2.45, 2.75) is 49.7 Å². The summed E-state index contributed by atoms with van der Waals surface area (Å²) in [5.74, 6) is -0.764. The number of hydrogen-bond donors (Lipinski definition) is 3. The number of benzene rings is 2. The van der Waals surface area contributed by atoms with E-state index in [1.165, 1.54) is 12.1 Å². The molecule has 2 atom stereocenters. The molecule has 7 rings (SSSR count). The molecule has 226 valence electrons. The van der Waals surface area contributed by atoms with E-state index >= 15 is 0 Å². The molecule has 4 aromatic rings. The Morgan fingerprint density at radius 2 is 1.89 bits per heavy atom. The van der Waals surface area contributed by atoms with Gasteiger partial charge in [-0.3, -0.25) is 9.59 Å². The number of aliphatic hydroxyl groups is 1. The van der Waals surface area contributed by atoms with Gasteiger partial charge in [0.1, 0.15) is 51.3 Å². The van der Waals surface area contributed by atoms with Gasteiger partial charge >= 0.3 is 0 Å². The number of rotatable bonds is 9. The van der Waals surface area contributed by atoms with Gasteiger partial charge in [-0.2, -0.15) is 0 Å². The lowest BCUT2D eigenvalue weighted by atomic mass is 9.81. The van der Waals surface area contributed by atoms with Crippen molar-refractivity contribution in [1.82, 2.24) is 15.3 Å². The molecule has 0 saturated heterocycles. The van der Waals surface area contributed by atoms with Crippen molar-refractivity contribution in [2.75, 3.05) is 13.2 Å². The van der Waals surface area contributed by atoms with Crippen LogP contribution in [0.1, 0.15) is 54.2 Å². The normalized spacial score (nSPS) is 20.5. The number of carbonyl (C=O) groups excluding carboxylic acids is 2. The van der Waals surface area contributed by atoms with Crippen molar-refractivity contribution in [2.24, 2.45) is 11.7 Å². The molecule has 0 spiro atoms. The number of carbonyl (C=O) groups is 2. The van der Waals surface area contributed by atoms with Crippen molar-refractivity contribution < 1.29 is 28.6 Å². The Labute approximate surface area is 257 Å². The van der Waals surface area contributed by atoms with Crippen LogP contribution in [-0.4, -0.2) is 46.1 Å². The first kappa shape index (κ1) is 28.5. The molecule has 2 fully saturated rings. The molecule has 2 amide bonds. The number of nitrogens with one attached hydrogen (secondary N) is 1. The number of halogens is 2. The average molecular weight is 617 g/mol. The number of aromatic nitrogens is 2. The van der Waals surface area contributed by atoms with Gasteiger partial charge < -0.3 is 25.6 Å². The Kier molecular flexibility index (Phi) is 6.75. The van der Waals surface area contributed by atoms with E-state index in [-0.39, 0.29) is 30.9 Å². The van der Waals surface area contributed by atoms with E-state index in [4.69, 9.17) is 31.8 Å². The largest absolute Gasteiger partial charge is 0.489 e. The second-order valence-electron chi connectivity index (χ2n) is 12.1. The molecule has 0 radical (unpaired) electrons. The Hall–Kier alpha value is -4.28. The highest BCUT2D eigenvalue weighted by Crippen LogP contribution is 2.50. The van der Waals surface area contributed by atoms with Crippen molar-refractivity contribution >= 4 is 34.3 Å². The lowest BCUT2D eigenvalue weighted by Crippen LogP contribution is -2.44. The van der Waals surface area contributed by atoms with Crippen molar-refractivity contribution in [3.05, 3.63) is 82.4 Å². The van der Waals surface area contributed by atoms with E-state index in [0.29, 0.717) is 49.9 Å². The third-order valence-electron chi connectivity index (χ3n) is 8.75. The number of hydrogen-bond acceptors (Lipinski definition) is 7. The first-order chi connectivity index (χ1) is 21.0. The maximum atomic E-state index is 13.8. The second kappa shape index (κ2) is 10.4. The van der Waals surface area contributed by atoms with Crippen LogP contribution in [0.2, 0.25) is 5.15 Å². The predicted molar refractivity (Wildman–Crippen MR) is 161 cm³/mol. The summed E-state index contributed by atoms with van der Waals surface area (Å²) in [6.07, 6.45) is 3.39. The quantitative estimate of drug-likeness (QED) is 0.230. The first-order valence-electron chi connectivity index (χ1n) is 14.6. The second-order valence-corrected chi connectivity index (χ2v) is 12.5. The maximum Gasteiger partial charge on any atom is 0.251 e. The lowest BCUT2D eigenvalue weighted by Gasteiger charge is -2.30. The number of pyridine rings is 2. The molecular weight excluding hydrogens is 587 g/mol. The van der Waals surface area contributed by atoms with Crippen molar-refractivity contribution in [3.8, 4) is 22.8 Å².